The molecule has 0 unspecified atom stereocenters. The smallest absolute Gasteiger partial charge is 0.0544 e. The largest absolute Gasteiger partial charge is 0.396 e. The molecule has 0 saturated carbocycles. The molecule has 0 atom stereocenters. The minimum atomic E-state index is 0.305. The van der Waals surface area contributed by atoms with Crippen LogP contribution in [0.1, 0.15) is 30.7 Å². The van der Waals surface area contributed by atoms with Crippen molar-refractivity contribution < 1.29 is 5.11 Å². The molecular formula is C12H20N2O. The SMILES string of the molecule is Cc1cccc(CNCCCCCO)n1. The number of nitrogens with zero attached hydrogens (tertiary/aromatic N) is 1. The summed E-state index contributed by atoms with van der Waals surface area (Å²) in [5.41, 5.74) is 2.16. The van der Waals surface area contributed by atoms with E-state index in [0.29, 0.717) is 6.61 Å². The van der Waals surface area contributed by atoms with Crippen molar-refractivity contribution in [3.63, 3.8) is 0 Å². The third-order valence-electron chi connectivity index (χ3n) is 2.26. The van der Waals surface area contributed by atoms with E-state index in [-0.39, 0.29) is 0 Å². The summed E-state index contributed by atoms with van der Waals surface area (Å²) >= 11 is 0. The summed E-state index contributed by atoms with van der Waals surface area (Å²) in [6.07, 6.45) is 3.11. The highest BCUT2D eigenvalue weighted by atomic mass is 16.2. The third kappa shape index (κ3) is 5.50. The van der Waals surface area contributed by atoms with E-state index in [1.807, 2.05) is 25.1 Å². The molecule has 1 heterocycles. The first-order valence-corrected chi connectivity index (χ1v) is 5.57. The summed E-state index contributed by atoms with van der Waals surface area (Å²) in [5.74, 6) is 0. The number of aryl methyl sites for hydroxylation is 1. The molecule has 1 aromatic heterocycles. The monoisotopic (exact) mass is 208 g/mol. The van der Waals surface area contributed by atoms with Crippen LogP contribution >= 0.6 is 0 Å². The molecule has 0 fully saturated rings. The molecule has 0 aliphatic carbocycles. The van der Waals surface area contributed by atoms with Gasteiger partial charge in [-0.1, -0.05) is 6.07 Å². The molecule has 0 spiro atoms. The first kappa shape index (κ1) is 12.1. The fraction of sp³-hybridized carbons (Fsp3) is 0.583. The van der Waals surface area contributed by atoms with E-state index < -0.39 is 0 Å². The number of aliphatic hydroxyl groups is 1. The summed E-state index contributed by atoms with van der Waals surface area (Å²) < 4.78 is 0. The highest BCUT2D eigenvalue weighted by Gasteiger charge is 1.94. The van der Waals surface area contributed by atoms with Crippen LogP contribution in [0.25, 0.3) is 0 Å². The average molecular weight is 208 g/mol. The van der Waals surface area contributed by atoms with Crippen molar-refractivity contribution in [2.45, 2.75) is 32.7 Å². The second kappa shape index (κ2) is 7.37. The van der Waals surface area contributed by atoms with Gasteiger partial charge in [0.15, 0.2) is 0 Å². The maximum Gasteiger partial charge on any atom is 0.0544 e. The number of hydrogen-bond acceptors (Lipinski definition) is 3. The molecule has 0 radical (unpaired) electrons. The lowest BCUT2D eigenvalue weighted by atomic mass is 10.2. The van der Waals surface area contributed by atoms with Gasteiger partial charge in [0.1, 0.15) is 0 Å². The summed E-state index contributed by atoms with van der Waals surface area (Å²) in [4.78, 5) is 4.40. The van der Waals surface area contributed by atoms with E-state index in [0.717, 1.165) is 43.7 Å². The lowest BCUT2D eigenvalue weighted by molar-refractivity contribution is 0.283. The van der Waals surface area contributed by atoms with Crippen molar-refractivity contribution in [1.29, 1.82) is 0 Å². The minimum absolute atomic E-state index is 0.305. The summed E-state index contributed by atoms with van der Waals surface area (Å²) in [6, 6.07) is 6.07. The van der Waals surface area contributed by atoms with Crippen LogP contribution in [0.5, 0.6) is 0 Å². The lowest BCUT2D eigenvalue weighted by Crippen LogP contribution is -2.15. The van der Waals surface area contributed by atoms with E-state index in [4.69, 9.17) is 5.11 Å². The number of aromatic nitrogens is 1. The van der Waals surface area contributed by atoms with Crippen LogP contribution in [0.15, 0.2) is 18.2 Å². The average Bonchev–Trinajstić information content (AvgIpc) is 2.23. The van der Waals surface area contributed by atoms with Crippen molar-refractivity contribution in [3.8, 4) is 0 Å². The Morgan fingerprint density at radius 2 is 2.13 bits per heavy atom. The van der Waals surface area contributed by atoms with Gasteiger partial charge in [0.05, 0.1) is 5.69 Å². The Morgan fingerprint density at radius 3 is 2.87 bits per heavy atom. The zero-order valence-corrected chi connectivity index (χ0v) is 9.37. The molecule has 0 aromatic carbocycles. The van der Waals surface area contributed by atoms with Gasteiger partial charge in [-0.3, -0.25) is 4.98 Å². The molecule has 0 amide bonds. The first-order chi connectivity index (χ1) is 7.33. The van der Waals surface area contributed by atoms with Gasteiger partial charge < -0.3 is 10.4 Å². The van der Waals surface area contributed by atoms with Gasteiger partial charge in [0, 0.05) is 18.8 Å². The van der Waals surface area contributed by atoms with E-state index in [2.05, 4.69) is 10.3 Å². The van der Waals surface area contributed by atoms with Gasteiger partial charge in [0.2, 0.25) is 0 Å². The summed E-state index contributed by atoms with van der Waals surface area (Å²) in [6.45, 7) is 4.14. The third-order valence-corrected chi connectivity index (χ3v) is 2.26. The highest BCUT2D eigenvalue weighted by Crippen LogP contribution is 1.98. The fourth-order valence-corrected chi connectivity index (χ4v) is 1.45. The van der Waals surface area contributed by atoms with Crippen LogP contribution in [0.4, 0.5) is 0 Å². The molecular weight excluding hydrogens is 188 g/mol. The quantitative estimate of drug-likeness (QED) is 0.670. The van der Waals surface area contributed by atoms with Crippen LogP contribution in [0.3, 0.4) is 0 Å². The molecule has 84 valence electrons. The Balaban J connectivity index is 2.10. The van der Waals surface area contributed by atoms with Crippen molar-refractivity contribution in [2.24, 2.45) is 0 Å². The summed E-state index contributed by atoms with van der Waals surface area (Å²) in [7, 11) is 0. The number of rotatable bonds is 7. The van der Waals surface area contributed by atoms with Gasteiger partial charge in [-0.25, -0.2) is 0 Å². The van der Waals surface area contributed by atoms with Crippen molar-refractivity contribution >= 4 is 0 Å². The van der Waals surface area contributed by atoms with Gasteiger partial charge in [-0.05, 0) is 44.9 Å². The van der Waals surface area contributed by atoms with Crippen LogP contribution < -0.4 is 5.32 Å². The van der Waals surface area contributed by atoms with Crippen LogP contribution in [-0.2, 0) is 6.54 Å². The molecule has 0 bridgehead atoms. The fourth-order valence-electron chi connectivity index (χ4n) is 1.45. The molecule has 0 saturated heterocycles. The number of nitrogens with one attached hydrogen (secondary N) is 1. The van der Waals surface area contributed by atoms with Crippen LogP contribution in [-0.4, -0.2) is 23.2 Å². The molecule has 15 heavy (non-hydrogen) atoms. The van der Waals surface area contributed by atoms with Gasteiger partial charge in [0.25, 0.3) is 0 Å². The Hall–Kier alpha value is -0.930. The Labute approximate surface area is 91.5 Å². The molecule has 0 aliphatic rings. The summed E-state index contributed by atoms with van der Waals surface area (Å²) in [5, 5.41) is 11.9. The number of hydrogen-bond donors (Lipinski definition) is 2. The molecule has 1 aromatic rings. The number of aliphatic hydroxyl groups excluding tert-OH is 1. The molecule has 2 N–H and O–H groups in total. The maximum absolute atomic E-state index is 8.60. The zero-order chi connectivity index (χ0) is 10.9. The van der Waals surface area contributed by atoms with E-state index in [1.54, 1.807) is 0 Å². The lowest BCUT2D eigenvalue weighted by Gasteiger charge is -2.04. The molecule has 0 aliphatic heterocycles. The predicted octanol–water partition coefficient (Wildman–Crippen LogP) is 1.64. The Bertz CT molecular complexity index is 276. The zero-order valence-electron chi connectivity index (χ0n) is 9.37. The first-order valence-electron chi connectivity index (χ1n) is 5.57. The van der Waals surface area contributed by atoms with Crippen molar-refractivity contribution in [3.05, 3.63) is 29.6 Å². The molecule has 3 heteroatoms. The second-order valence-corrected chi connectivity index (χ2v) is 3.73. The maximum atomic E-state index is 8.60. The topological polar surface area (TPSA) is 45.1 Å². The molecule has 3 nitrogen and oxygen atoms in total. The second-order valence-electron chi connectivity index (χ2n) is 3.73. The standard InChI is InChI=1S/C12H20N2O/c1-11-6-5-7-12(14-11)10-13-8-3-2-4-9-15/h5-7,13,15H,2-4,8-10H2,1H3. The minimum Gasteiger partial charge on any atom is -0.396 e. The Morgan fingerprint density at radius 1 is 1.27 bits per heavy atom. The van der Waals surface area contributed by atoms with Crippen LogP contribution in [0.2, 0.25) is 0 Å². The van der Waals surface area contributed by atoms with Crippen molar-refractivity contribution in [1.82, 2.24) is 10.3 Å². The molecule has 1 rings (SSSR count). The van der Waals surface area contributed by atoms with Gasteiger partial charge in [-0.15, -0.1) is 0 Å². The normalized spacial score (nSPS) is 10.5. The van der Waals surface area contributed by atoms with Gasteiger partial charge in [-0.2, -0.15) is 0 Å². The number of unbranched alkanes of at least 4 members (excludes halogenated alkanes) is 2. The predicted molar refractivity (Wildman–Crippen MR) is 61.6 cm³/mol. The number of pyridine rings is 1. The van der Waals surface area contributed by atoms with Crippen LogP contribution in [0, 0.1) is 6.92 Å². The highest BCUT2D eigenvalue weighted by molar-refractivity contribution is 5.09. The Kier molecular flexibility index (Phi) is 5.97. The van der Waals surface area contributed by atoms with Crippen molar-refractivity contribution in [2.75, 3.05) is 13.2 Å². The van der Waals surface area contributed by atoms with E-state index in [9.17, 15) is 0 Å². The van der Waals surface area contributed by atoms with E-state index in [1.165, 1.54) is 0 Å². The van der Waals surface area contributed by atoms with E-state index >= 15 is 0 Å². The van der Waals surface area contributed by atoms with Gasteiger partial charge >= 0.3 is 0 Å².